The number of nitrogens with zero attached hydrogens (tertiary/aromatic N) is 2. The summed E-state index contributed by atoms with van der Waals surface area (Å²) in [4.78, 5) is 5.93. The van der Waals surface area contributed by atoms with Crippen LogP contribution in [-0.4, -0.2) is 9.38 Å². The molecular weight excluding hydrogens is 312 g/mol. The van der Waals surface area contributed by atoms with Gasteiger partial charge in [-0.1, -0.05) is 61.9 Å². The van der Waals surface area contributed by atoms with Gasteiger partial charge in [0.25, 0.3) is 0 Å². The molecule has 2 nitrogen and oxygen atoms in total. The number of hydrogen-bond donors (Lipinski definition) is 0. The number of aryl methyl sites for hydroxylation is 2. The first-order chi connectivity index (χ1) is 11.8. The topological polar surface area (TPSA) is 17.3 Å². The van der Waals surface area contributed by atoms with Gasteiger partial charge in [-0.15, -0.1) is 0 Å². The molecule has 0 aliphatic heterocycles. The number of fused-ring (bicyclic) bond motifs is 3. The van der Waals surface area contributed by atoms with Crippen LogP contribution in [0, 0.1) is 0 Å². The molecule has 0 bridgehead atoms. The predicted octanol–water partition coefficient (Wildman–Crippen LogP) is 6.12. The summed E-state index contributed by atoms with van der Waals surface area (Å²) >= 11 is 1.78. The largest absolute Gasteiger partial charge is 0.290 e. The molecular formula is C21H22N2S. The summed E-state index contributed by atoms with van der Waals surface area (Å²) in [6.07, 6.45) is 6.91. The van der Waals surface area contributed by atoms with Crippen molar-refractivity contribution in [3.8, 4) is 11.3 Å². The van der Waals surface area contributed by atoms with Gasteiger partial charge in [0.05, 0.1) is 15.9 Å². The van der Waals surface area contributed by atoms with Gasteiger partial charge in [-0.2, -0.15) is 0 Å². The minimum Gasteiger partial charge on any atom is -0.290 e. The molecule has 2 aromatic carbocycles. The van der Waals surface area contributed by atoms with Crippen LogP contribution in [0.1, 0.15) is 37.8 Å². The maximum absolute atomic E-state index is 4.85. The van der Waals surface area contributed by atoms with E-state index in [-0.39, 0.29) is 0 Å². The van der Waals surface area contributed by atoms with Crippen LogP contribution < -0.4 is 0 Å². The quantitative estimate of drug-likeness (QED) is 0.430. The average molecular weight is 334 g/mol. The van der Waals surface area contributed by atoms with Crippen molar-refractivity contribution in [3.05, 3.63) is 59.8 Å². The van der Waals surface area contributed by atoms with E-state index in [1.807, 2.05) is 0 Å². The molecule has 0 radical (unpaired) electrons. The molecule has 0 atom stereocenters. The lowest BCUT2D eigenvalue weighted by atomic mass is 10.1. The number of imidazole rings is 1. The van der Waals surface area contributed by atoms with Crippen molar-refractivity contribution in [1.29, 1.82) is 0 Å². The molecule has 3 heteroatoms. The number of benzene rings is 2. The fourth-order valence-corrected chi connectivity index (χ4v) is 4.20. The van der Waals surface area contributed by atoms with E-state index >= 15 is 0 Å². The summed E-state index contributed by atoms with van der Waals surface area (Å²) in [7, 11) is 0. The number of thiazole rings is 1. The molecule has 2 aromatic heterocycles. The lowest BCUT2D eigenvalue weighted by molar-refractivity contribution is 0.796. The van der Waals surface area contributed by atoms with Gasteiger partial charge in [0, 0.05) is 11.8 Å². The first kappa shape index (κ1) is 15.4. The molecule has 4 aromatic rings. The van der Waals surface area contributed by atoms with E-state index in [4.69, 9.17) is 4.98 Å². The number of aromatic nitrogens is 2. The third-order valence-corrected chi connectivity index (χ3v) is 5.65. The molecule has 0 aliphatic carbocycles. The van der Waals surface area contributed by atoms with Gasteiger partial charge < -0.3 is 0 Å². The number of hydrogen-bond acceptors (Lipinski definition) is 2. The summed E-state index contributed by atoms with van der Waals surface area (Å²) in [5, 5.41) is 0. The fourth-order valence-electron chi connectivity index (χ4n) is 3.13. The molecule has 0 saturated heterocycles. The maximum Gasteiger partial charge on any atom is 0.195 e. The monoisotopic (exact) mass is 334 g/mol. The van der Waals surface area contributed by atoms with Crippen molar-refractivity contribution in [2.45, 2.75) is 39.5 Å². The first-order valence-corrected chi connectivity index (χ1v) is 9.60. The normalized spacial score (nSPS) is 11.6. The van der Waals surface area contributed by atoms with E-state index in [0.717, 1.165) is 17.1 Å². The Morgan fingerprint density at radius 2 is 1.79 bits per heavy atom. The minimum absolute atomic E-state index is 1.06. The van der Waals surface area contributed by atoms with Gasteiger partial charge in [0.2, 0.25) is 0 Å². The zero-order valence-electron chi connectivity index (χ0n) is 14.2. The van der Waals surface area contributed by atoms with Crippen LogP contribution >= 0.6 is 11.3 Å². The predicted molar refractivity (Wildman–Crippen MR) is 104 cm³/mol. The summed E-state index contributed by atoms with van der Waals surface area (Å²) < 4.78 is 3.56. The molecule has 0 N–H and O–H groups in total. The van der Waals surface area contributed by atoms with E-state index in [1.165, 1.54) is 46.2 Å². The molecule has 0 fully saturated rings. The molecule has 4 rings (SSSR count). The van der Waals surface area contributed by atoms with Crippen molar-refractivity contribution in [3.63, 3.8) is 0 Å². The van der Waals surface area contributed by atoms with E-state index in [9.17, 15) is 0 Å². The molecule has 0 saturated carbocycles. The zero-order valence-corrected chi connectivity index (χ0v) is 15.1. The van der Waals surface area contributed by atoms with Crippen LogP contribution in [-0.2, 0) is 12.8 Å². The van der Waals surface area contributed by atoms with Gasteiger partial charge in [-0.3, -0.25) is 4.40 Å². The maximum atomic E-state index is 4.85. The summed E-state index contributed by atoms with van der Waals surface area (Å²) in [5.74, 6) is 0. The Labute approximate surface area is 146 Å². The van der Waals surface area contributed by atoms with Crippen LogP contribution in [0.15, 0.2) is 48.7 Å². The van der Waals surface area contributed by atoms with Crippen LogP contribution in [0.3, 0.4) is 0 Å². The van der Waals surface area contributed by atoms with Crippen molar-refractivity contribution < 1.29 is 0 Å². The highest BCUT2D eigenvalue weighted by atomic mass is 32.1. The second kappa shape index (κ2) is 6.40. The smallest absolute Gasteiger partial charge is 0.195 e. The Morgan fingerprint density at radius 3 is 2.54 bits per heavy atom. The van der Waals surface area contributed by atoms with Gasteiger partial charge in [-0.05, 0) is 42.5 Å². The Morgan fingerprint density at radius 1 is 1.00 bits per heavy atom. The average Bonchev–Trinajstić information content (AvgIpc) is 3.17. The third-order valence-electron chi connectivity index (χ3n) is 4.64. The van der Waals surface area contributed by atoms with E-state index < -0.39 is 0 Å². The van der Waals surface area contributed by atoms with Crippen molar-refractivity contribution >= 4 is 26.5 Å². The van der Waals surface area contributed by atoms with E-state index in [2.05, 4.69) is 66.9 Å². The summed E-state index contributed by atoms with van der Waals surface area (Å²) in [6, 6.07) is 15.6. The Hall–Kier alpha value is -2.13. The number of unbranched alkanes of at least 4 members (excludes halogenated alkanes) is 1. The summed E-state index contributed by atoms with van der Waals surface area (Å²) in [6.45, 7) is 4.43. The standard InChI is InChI=1S/C21H22N2S/c1-3-5-6-16-9-12-19-20(13-16)24-21-22-18(14-23(19)21)17-10-7-15(4-2)8-11-17/h7-14H,3-6H2,1-2H3. The Balaban J connectivity index is 1.72. The van der Waals surface area contributed by atoms with Crippen LogP contribution in [0.25, 0.3) is 26.4 Å². The second-order valence-electron chi connectivity index (χ2n) is 6.34. The number of rotatable bonds is 5. The highest BCUT2D eigenvalue weighted by Crippen LogP contribution is 2.30. The lowest BCUT2D eigenvalue weighted by Gasteiger charge is -2.00. The van der Waals surface area contributed by atoms with Crippen molar-refractivity contribution in [1.82, 2.24) is 9.38 Å². The molecule has 0 spiro atoms. The van der Waals surface area contributed by atoms with Crippen LogP contribution in [0.4, 0.5) is 0 Å². The van der Waals surface area contributed by atoms with Gasteiger partial charge in [0.15, 0.2) is 4.96 Å². The molecule has 0 amide bonds. The fraction of sp³-hybridized carbons (Fsp3) is 0.286. The van der Waals surface area contributed by atoms with E-state index in [0.29, 0.717) is 0 Å². The SMILES string of the molecule is CCCCc1ccc2c(c1)sc1nc(-c3ccc(CC)cc3)cn12. The third kappa shape index (κ3) is 2.73. The molecule has 2 heterocycles. The first-order valence-electron chi connectivity index (χ1n) is 8.78. The zero-order chi connectivity index (χ0) is 16.5. The summed E-state index contributed by atoms with van der Waals surface area (Å²) in [5.41, 5.74) is 6.31. The van der Waals surface area contributed by atoms with Crippen LogP contribution in [0.5, 0.6) is 0 Å². The Kier molecular flexibility index (Phi) is 4.11. The molecule has 0 aliphatic rings. The van der Waals surface area contributed by atoms with Gasteiger partial charge in [-0.25, -0.2) is 4.98 Å². The van der Waals surface area contributed by atoms with Gasteiger partial charge in [0.1, 0.15) is 0 Å². The van der Waals surface area contributed by atoms with Crippen molar-refractivity contribution in [2.24, 2.45) is 0 Å². The Bertz CT molecular complexity index is 976. The highest BCUT2D eigenvalue weighted by molar-refractivity contribution is 7.23. The van der Waals surface area contributed by atoms with Crippen LogP contribution in [0.2, 0.25) is 0 Å². The second-order valence-corrected chi connectivity index (χ2v) is 7.35. The highest BCUT2D eigenvalue weighted by Gasteiger charge is 2.10. The van der Waals surface area contributed by atoms with Gasteiger partial charge >= 0.3 is 0 Å². The molecule has 122 valence electrons. The lowest BCUT2D eigenvalue weighted by Crippen LogP contribution is -1.84. The van der Waals surface area contributed by atoms with E-state index in [1.54, 1.807) is 11.3 Å². The molecule has 0 unspecified atom stereocenters. The molecule has 24 heavy (non-hydrogen) atoms. The van der Waals surface area contributed by atoms with Crippen molar-refractivity contribution in [2.75, 3.05) is 0 Å². The minimum atomic E-state index is 1.06.